The summed E-state index contributed by atoms with van der Waals surface area (Å²) in [7, 11) is 0. The average Bonchev–Trinajstić information content (AvgIpc) is 2.73. The van der Waals surface area contributed by atoms with E-state index in [4.69, 9.17) is 0 Å². The van der Waals surface area contributed by atoms with Crippen molar-refractivity contribution >= 4 is 22.7 Å². The molecule has 0 amide bonds. The zero-order valence-electron chi connectivity index (χ0n) is 8.15. The minimum atomic E-state index is -0.444. The topological polar surface area (TPSA) is 20.2 Å². The Bertz CT molecular complexity index is 428. The summed E-state index contributed by atoms with van der Waals surface area (Å²) in [6.07, 6.45) is -0.444. The van der Waals surface area contributed by atoms with E-state index in [1.807, 2.05) is 23.8 Å². The highest BCUT2D eigenvalue weighted by Gasteiger charge is 2.14. The summed E-state index contributed by atoms with van der Waals surface area (Å²) < 4.78 is 0. The molecule has 0 bridgehead atoms. The number of hydrogen-bond donors (Lipinski definition) is 1. The summed E-state index contributed by atoms with van der Waals surface area (Å²) in [5.41, 5.74) is 2.18. The standard InChI is InChI=1S/C11H12OS2/c1-7-3-4-13-11(7)10(12)9-5-8(2)14-6-9/h3-6,10,12H,1-2H3. The van der Waals surface area contributed by atoms with Crippen molar-refractivity contribution < 1.29 is 5.11 Å². The molecular formula is C11H12OS2. The molecule has 1 nitrogen and oxygen atoms in total. The van der Waals surface area contributed by atoms with Gasteiger partial charge in [-0.25, -0.2) is 0 Å². The van der Waals surface area contributed by atoms with Crippen molar-refractivity contribution in [2.45, 2.75) is 20.0 Å². The van der Waals surface area contributed by atoms with E-state index in [0.717, 1.165) is 10.4 Å². The van der Waals surface area contributed by atoms with Crippen molar-refractivity contribution in [2.75, 3.05) is 0 Å². The number of aryl methyl sites for hydroxylation is 2. The van der Waals surface area contributed by atoms with Gasteiger partial charge < -0.3 is 5.11 Å². The van der Waals surface area contributed by atoms with E-state index in [2.05, 4.69) is 13.0 Å². The maximum Gasteiger partial charge on any atom is 0.114 e. The second-order valence-corrected chi connectivity index (χ2v) is 5.42. The first-order valence-corrected chi connectivity index (χ1v) is 6.21. The molecule has 0 radical (unpaired) electrons. The molecule has 0 aliphatic rings. The molecule has 1 atom stereocenters. The molecule has 74 valence electrons. The van der Waals surface area contributed by atoms with Gasteiger partial charge in [0.15, 0.2) is 0 Å². The molecule has 2 rings (SSSR count). The fourth-order valence-electron chi connectivity index (χ4n) is 1.42. The first kappa shape index (κ1) is 9.90. The van der Waals surface area contributed by atoms with E-state index in [1.54, 1.807) is 22.7 Å². The van der Waals surface area contributed by atoms with Crippen molar-refractivity contribution in [1.29, 1.82) is 0 Å². The quantitative estimate of drug-likeness (QED) is 0.827. The lowest BCUT2D eigenvalue weighted by Crippen LogP contribution is -1.96. The molecule has 0 saturated carbocycles. The number of hydrogen-bond acceptors (Lipinski definition) is 3. The van der Waals surface area contributed by atoms with E-state index < -0.39 is 6.10 Å². The molecule has 0 aromatic carbocycles. The van der Waals surface area contributed by atoms with E-state index in [1.165, 1.54) is 10.4 Å². The van der Waals surface area contributed by atoms with E-state index in [0.29, 0.717) is 0 Å². The lowest BCUT2D eigenvalue weighted by molar-refractivity contribution is 0.224. The minimum absolute atomic E-state index is 0.444. The Labute approximate surface area is 91.7 Å². The normalized spacial score (nSPS) is 13.1. The molecule has 14 heavy (non-hydrogen) atoms. The van der Waals surface area contributed by atoms with Crippen LogP contribution in [0.3, 0.4) is 0 Å². The number of thiophene rings is 2. The van der Waals surface area contributed by atoms with Crippen LogP contribution in [0.4, 0.5) is 0 Å². The van der Waals surface area contributed by atoms with Crippen LogP contribution in [0.1, 0.15) is 27.0 Å². The Kier molecular flexibility index (Phi) is 2.72. The molecule has 0 saturated heterocycles. The van der Waals surface area contributed by atoms with Crippen molar-refractivity contribution in [3.05, 3.63) is 43.8 Å². The predicted octanol–water partition coefficient (Wildman–Crippen LogP) is 3.51. The highest BCUT2D eigenvalue weighted by atomic mass is 32.1. The number of aliphatic hydroxyl groups is 1. The summed E-state index contributed by atoms with van der Waals surface area (Å²) in [6.45, 7) is 4.09. The van der Waals surface area contributed by atoms with Gasteiger partial charge in [-0.05, 0) is 47.9 Å². The van der Waals surface area contributed by atoms with E-state index in [-0.39, 0.29) is 0 Å². The fraction of sp³-hybridized carbons (Fsp3) is 0.273. The summed E-state index contributed by atoms with van der Waals surface area (Å²) in [5.74, 6) is 0. The molecule has 1 unspecified atom stereocenters. The highest BCUT2D eigenvalue weighted by Crippen LogP contribution is 2.31. The van der Waals surface area contributed by atoms with Gasteiger partial charge in [-0.15, -0.1) is 22.7 Å². The van der Waals surface area contributed by atoms with Gasteiger partial charge in [0.25, 0.3) is 0 Å². The highest BCUT2D eigenvalue weighted by molar-refractivity contribution is 7.10. The van der Waals surface area contributed by atoms with Crippen molar-refractivity contribution in [1.82, 2.24) is 0 Å². The van der Waals surface area contributed by atoms with Crippen LogP contribution in [0, 0.1) is 13.8 Å². The van der Waals surface area contributed by atoms with Crippen LogP contribution in [0.25, 0.3) is 0 Å². The second-order valence-electron chi connectivity index (χ2n) is 3.36. The Morgan fingerprint density at radius 2 is 2.07 bits per heavy atom. The largest absolute Gasteiger partial charge is 0.383 e. The Morgan fingerprint density at radius 3 is 2.57 bits per heavy atom. The summed E-state index contributed by atoms with van der Waals surface area (Å²) in [5, 5.41) is 14.1. The van der Waals surface area contributed by atoms with Gasteiger partial charge in [-0.3, -0.25) is 0 Å². The Morgan fingerprint density at radius 1 is 1.29 bits per heavy atom. The summed E-state index contributed by atoms with van der Waals surface area (Å²) in [6, 6.07) is 4.09. The van der Waals surface area contributed by atoms with Gasteiger partial charge in [-0.1, -0.05) is 0 Å². The van der Waals surface area contributed by atoms with Crippen molar-refractivity contribution in [2.24, 2.45) is 0 Å². The third-order valence-electron chi connectivity index (χ3n) is 2.22. The van der Waals surface area contributed by atoms with Crippen LogP contribution >= 0.6 is 22.7 Å². The zero-order valence-corrected chi connectivity index (χ0v) is 9.78. The van der Waals surface area contributed by atoms with Crippen molar-refractivity contribution in [3.63, 3.8) is 0 Å². The third-order valence-corrected chi connectivity index (χ3v) is 4.17. The molecule has 1 N–H and O–H groups in total. The summed E-state index contributed by atoms with van der Waals surface area (Å²) in [4.78, 5) is 2.30. The molecule has 0 aliphatic carbocycles. The van der Waals surface area contributed by atoms with Crippen LogP contribution in [0.2, 0.25) is 0 Å². The predicted molar refractivity (Wildman–Crippen MR) is 62.2 cm³/mol. The van der Waals surface area contributed by atoms with Crippen LogP contribution < -0.4 is 0 Å². The molecule has 2 heterocycles. The zero-order chi connectivity index (χ0) is 10.1. The number of rotatable bonds is 2. The van der Waals surface area contributed by atoms with Gasteiger partial charge >= 0.3 is 0 Å². The van der Waals surface area contributed by atoms with Gasteiger partial charge in [0.05, 0.1) is 0 Å². The van der Waals surface area contributed by atoms with Gasteiger partial charge in [-0.2, -0.15) is 0 Å². The molecule has 0 fully saturated rings. The van der Waals surface area contributed by atoms with Gasteiger partial charge in [0, 0.05) is 9.75 Å². The van der Waals surface area contributed by atoms with Crippen molar-refractivity contribution in [3.8, 4) is 0 Å². The fourth-order valence-corrected chi connectivity index (χ4v) is 3.08. The second kappa shape index (κ2) is 3.85. The van der Waals surface area contributed by atoms with E-state index in [9.17, 15) is 5.11 Å². The molecule has 0 spiro atoms. The Balaban J connectivity index is 2.33. The van der Waals surface area contributed by atoms with Crippen LogP contribution in [0.5, 0.6) is 0 Å². The van der Waals surface area contributed by atoms with Gasteiger partial charge in [0.2, 0.25) is 0 Å². The molecule has 0 aliphatic heterocycles. The molecular weight excluding hydrogens is 212 g/mol. The molecule has 2 aromatic rings. The van der Waals surface area contributed by atoms with Crippen LogP contribution in [-0.2, 0) is 0 Å². The third kappa shape index (κ3) is 1.75. The summed E-state index contributed by atoms with van der Waals surface area (Å²) >= 11 is 3.30. The Hall–Kier alpha value is -0.640. The SMILES string of the molecule is Cc1cc(C(O)c2sccc2C)cs1. The first-order chi connectivity index (χ1) is 6.68. The minimum Gasteiger partial charge on any atom is -0.383 e. The van der Waals surface area contributed by atoms with E-state index >= 15 is 0 Å². The van der Waals surface area contributed by atoms with Crippen LogP contribution in [-0.4, -0.2) is 5.11 Å². The average molecular weight is 224 g/mol. The maximum absolute atomic E-state index is 10.1. The molecule has 2 aromatic heterocycles. The van der Waals surface area contributed by atoms with Gasteiger partial charge in [0.1, 0.15) is 6.10 Å². The first-order valence-electron chi connectivity index (χ1n) is 4.45. The molecule has 3 heteroatoms. The van der Waals surface area contributed by atoms with Crippen LogP contribution in [0.15, 0.2) is 22.9 Å². The monoisotopic (exact) mass is 224 g/mol. The smallest absolute Gasteiger partial charge is 0.114 e. The number of aliphatic hydroxyl groups excluding tert-OH is 1. The lowest BCUT2D eigenvalue weighted by Gasteiger charge is -2.07. The maximum atomic E-state index is 10.1. The lowest BCUT2D eigenvalue weighted by atomic mass is 10.1.